The molecule has 0 saturated carbocycles. The number of hydrogen-bond acceptors (Lipinski definition) is 4. The van der Waals surface area contributed by atoms with Crippen molar-refractivity contribution < 1.29 is 9.90 Å². The van der Waals surface area contributed by atoms with Gasteiger partial charge in [-0.25, -0.2) is 9.97 Å². The fourth-order valence-corrected chi connectivity index (χ4v) is 1.22. The Morgan fingerprint density at radius 3 is 3.00 bits per heavy atom. The Kier molecular flexibility index (Phi) is 1.88. The van der Waals surface area contributed by atoms with Gasteiger partial charge < -0.3 is 5.11 Å². The number of carbonyl (C=O) groups is 1. The number of nitrogens with zero attached hydrogens (tertiary/aromatic N) is 4. The molecule has 14 heavy (non-hydrogen) atoms. The van der Waals surface area contributed by atoms with Crippen molar-refractivity contribution in [2.24, 2.45) is 0 Å². The van der Waals surface area contributed by atoms with Gasteiger partial charge in [0, 0.05) is 6.20 Å². The summed E-state index contributed by atoms with van der Waals surface area (Å²) in [4.78, 5) is 18.4. The molecule has 1 N–H and O–H groups in total. The molecule has 0 aliphatic heterocycles. The van der Waals surface area contributed by atoms with Gasteiger partial charge in [0.2, 0.25) is 0 Å². The van der Waals surface area contributed by atoms with E-state index in [9.17, 15) is 4.79 Å². The number of aromatic nitrogens is 4. The van der Waals surface area contributed by atoms with Crippen molar-refractivity contribution in [3.63, 3.8) is 0 Å². The quantitative estimate of drug-likeness (QED) is 0.736. The number of hydrogen-bond donors (Lipinski definition) is 1. The summed E-state index contributed by atoms with van der Waals surface area (Å²) in [5.41, 5.74) is 1.32. The van der Waals surface area contributed by atoms with Crippen LogP contribution in [0.5, 0.6) is 0 Å². The highest BCUT2D eigenvalue weighted by atomic mass is 16.4. The normalized spacial score (nSPS) is 10.6. The fourth-order valence-electron chi connectivity index (χ4n) is 1.22. The van der Waals surface area contributed by atoms with E-state index in [2.05, 4.69) is 15.1 Å². The van der Waals surface area contributed by atoms with Crippen molar-refractivity contribution in [2.45, 2.75) is 13.5 Å². The molecule has 0 bridgehead atoms. The molecule has 0 spiro atoms. The third-order valence-corrected chi connectivity index (χ3v) is 1.86. The van der Waals surface area contributed by atoms with Crippen molar-refractivity contribution in [3.8, 4) is 0 Å². The van der Waals surface area contributed by atoms with Gasteiger partial charge in [0.05, 0.1) is 11.1 Å². The van der Waals surface area contributed by atoms with E-state index in [1.807, 2.05) is 6.92 Å². The Labute approximate surface area is 79.2 Å². The Morgan fingerprint density at radius 2 is 2.36 bits per heavy atom. The van der Waals surface area contributed by atoms with Crippen LogP contribution in [0.25, 0.3) is 11.0 Å². The molecule has 0 saturated heterocycles. The van der Waals surface area contributed by atoms with Crippen LogP contribution < -0.4 is 0 Å². The zero-order valence-corrected chi connectivity index (χ0v) is 7.51. The van der Waals surface area contributed by atoms with Gasteiger partial charge in [-0.15, -0.1) is 0 Å². The van der Waals surface area contributed by atoms with Crippen LogP contribution in [-0.4, -0.2) is 30.8 Å². The average Bonchev–Trinajstić information content (AvgIpc) is 2.47. The van der Waals surface area contributed by atoms with E-state index in [4.69, 9.17) is 5.11 Å². The van der Waals surface area contributed by atoms with E-state index in [1.54, 1.807) is 6.20 Å². The van der Waals surface area contributed by atoms with Gasteiger partial charge in [0.15, 0.2) is 5.65 Å². The molecule has 0 aliphatic carbocycles. The maximum Gasteiger partial charge on any atom is 0.325 e. The minimum Gasteiger partial charge on any atom is -0.480 e. The molecule has 0 atom stereocenters. The number of aliphatic carboxylic acids is 1. The summed E-state index contributed by atoms with van der Waals surface area (Å²) in [7, 11) is 0. The second-order valence-electron chi connectivity index (χ2n) is 2.92. The predicted molar refractivity (Wildman–Crippen MR) is 47.7 cm³/mol. The third kappa shape index (κ3) is 1.41. The van der Waals surface area contributed by atoms with Crippen molar-refractivity contribution in [3.05, 3.63) is 18.2 Å². The topological polar surface area (TPSA) is 80.9 Å². The summed E-state index contributed by atoms with van der Waals surface area (Å²) in [6.45, 7) is 1.67. The predicted octanol–water partition coefficient (Wildman–Crippen LogP) is 0.219. The van der Waals surface area contributed by atoms with Crippen molar-refractivity contribution in [2.75, 3.05) is 0 Å². The number of carboxylic acid groups (broad SMARTS) is 1. The van der Waals surface area contributed by atoms with E-state index in [0.717, 1.165) is 11.1 Å². The Bertz CT molecular complexity index is 491. The second-order valence-corrected chi connectivity index (χ2v) is 2.92. The summed E-state index contributed by atoms with van der Waals surface area (Å²) >= 11 is 0. The van der Waals surface area contributed by atoms with E-state index >= 15 is 0 Å². The van der Waals surface area contributed by atoms with Crippen LogP contribution in [0.3, 0.4) is 0 Å². The molecule has 72 valence electrons. The van der Waals surface area contributed by atoms with Gasteiger partial charge in [0.1, 0.15) is 12.9 Å². The lowest BCUT2D eigenvalue weighted by molar-refractivity contribution is -0.137. The molecular formula is C8H8N4O2. The van der Waals surface area contributed by atoms with Gasteiger partial charge in [-0.3, -0.25) is 9.48 Å². The minimum atomic E-state index is -0.927. The van der Waals surface area contributed by atoms with Gasteiger partial charge in [-0.05, 0) is 6.92 Å². The maximum absolute atomic E-state index is 10.4. The molecule has 2 aromatic heterocycles. The lowest BCUT2D eigenvalue weighted by Gasteiger charge is -1.91. The maximum atomic E-state index is 10.4. The Hall–Kier alpha value is -1.98. The van der Waals surface area contributed by atoms with Crippen LogP contribution in [0.1, 0.15) is 5.69 Å². The number of rotatable bonds is 2. The van der Waals surface area contributed by atoms with Crippen molar-refractivity contribution in [1.29, 1.82) is 0 Å². The van der Waals surface area contributed by atoms with E-state index in [-0.39, 0.29) is 6.54 Å². The molecular weight excluding hydrogens is 184 g/mol. The summed E-state index contributed by atoms with van der Waals surface area (Å²) in [6.07, 6.45) is 3.05. The number of carboxylic acids is 1. The molecule has 2 aromatic rings. The first-order chi connectivity index (χ1) is 6.66. The Morgan fingerprint density at radius 1 is 1.57 bits per heavy atom. The van der Waals surface area contributed by atoms with Gasteiger partial charge in [0.25, 0.3) is 0 Å². The highest BCUT2D eigenvalue weighted by Gasteiger charge is 2.06. The molecule has 0 fully saturated rings. The lowest BCUT2D eigenvalue weighted by Crippen LogP contribution is -2.08. The number of fused-ring (bicyclic) bond motifs is 1. The fraction of sp³-hybridized carbons (Fsp3) is 0.250. The summed E-state index contributed by atoms with van der Waals surface area (Å²) in [6, 6.07) is 0. The van der Waals surface area contributed by atoms with Gasteiger partial charge >= 0.3 is 5.97 Å². The van der Waals surface area contributed by atoms with Crippen LogP contribution in [0.15, 0.2) is 12.5 Å². The van der Waals surface area contributed by atoms with Crippen LogP contribution in [0.2, 0.25) is 0 Å². The summed E-state index contributed by atoms with van der Waals surface area (Å²) in [5, 5.41) is 13.3. The second kappa shape index (κ2) is 3.06. The van der Waals surface area contributed by atoms with Crippen molar-refractivity contribution >= 4 is 17.0 Å². The average molecular weight is 192 g/mol. The van der Waals surface area contributed by atoms with Crippen LogP contribution in [0.4, 0.5) is 0 Å². The Balaban J connectivity index is 2.51. The molecule has 0 aromatic carbocycles. The SMILES string of the molecule is Cc1ncnc2nn(CC(=O)O)cc12. The zero-order chi connectivity index (χ0) is 10.1. The van der Waals surface area contributed by atoms with Crippen LogP contribution in [0, 0.1) is 6.92 Å². The number of aryl methyl sites for hydroxylation is 1. The van der Waals surface area contributed by atoms with Crippen LogP contribution in [-0.2, 0) is 11.3 Å². The smallest absolute Gasteiger partial charge is 0.325 e. The minimum absolute atomic E-state index is 0.157. The van der Waals surface area contributed by atoms with E-state index < -0.39 is 5.97 Å². The van der Waals surface area contributed by atoms with Crippen molar-refractivity contribution in [1.82, 2.24) is 19.7 Å². The summed E-state index contributed by atoms with van der Waals surface area (Å²) in [5.74, 6) is -0.927. The van der Waals surface area contributed by atoms with Gasteiger partial charge in [-0.2, -0.15) is 5.10 Å². The molecule has 2 rings (SSSR count). The highest BCUT2D eigenvalue weighted by molar-refractivity contribution is 5.76. The standard InChI is InChI=1S/C8H8N4O2/c1-5-6-2-12(3-7(13)14)11-8(6)10-4-9-5/h2,4H,3H2,1H3,(H,13,14). The van der Waals surface area contributed by atoms with Gasteiger partial charge in [-0.1, -0.05) is 0 Å². The lowest BCUT2D eigenvalue weighted by atomic mass is 10.3. The molecule has 0 radical (unpaired) electrons. The monoisotopic (exact) mass is 192 g/mol. The van der Waals surface area contributed by atoms with E-state index in [0.29, 0.717) is 5.65 Å². The van der Waals surface area contributed by atoms with E-state index in [1.165, 1.54) is 11.0 Å². The molecule has 2 heterocycles. The highest BCUT2D eigenvalue weighted by Crippen LogP contribution is 2.11. The first-order valence-electron chi connectivity index (χ1n) is 4.03. The molecule has 0 amide bonds. The first-order valence-corrected chi connectivity index (χ1v) is 4.03. The zero-order valence-electron chi connectivity index (χ0n) is 7.51. The third-order valence-electron chi connectivity index (χ3n) is 1.86. The molecule has 6 nitrogen and oxygen atoms in total. The molecule has 0 unspecified atom stereocenters. The largest absolute Gasteiger partial charge is 0.480 e. The van der Waals surface area contributed by atoms with Crippen LogP contribution >= 0.6 is 0 Å². The summed E-state index contributed by atoms with van der Waals surface area (Å²) < 4.78 is 1.34. The molecule has 0 aliphatic rings. The molecule has 6 heteroatoms. The first kappa shape index (κ1) is 8.61.